The van der Waals surface area contributed by atoms with Crippen molar-refractivity contribution in [1.29, 1.82) is 0 Å². The van der Waals surface area contributed by atoms with Gasteiger partial charge in [0.05, 0.1) is 40.3 Å². The summed E-state index contributed by atoms with van der Waals surface area (Å²) in [5.41, 5.74) is 0. The van der Waals surface area contributed by atoms with Gasteiger partial charge in [-0.05, 0) is 12.8 Å². The summed E-state index contributed by atoms with van der Waals surface area (Å²) in [6, 6.07) is 0. The normalized spacial score (nSPS) is 12.5. The number of carbonyl (C=O) groups is 3. The minimum atomic E-state index is -1.62. The summed E-state index contributed by atoms with van der Waals surface area (Å²) in [4.78, 5) is 37.5. The summed E-state index contributed by atoms with van der Waals surface area (Å²) in [5.74, 6) is -2.24. The molecule has 2 unspecified atom stereocenters. The number of quaternary nitrogens is 1. The molecule has 0 aliphatic heterocycles. The third kappa shape index (κ3) is 69.8. The average molecular weight is 1220 g/mol. The topological polar surface area (TPSA) is 111 Å². The molecule has 2 atom stereocenters. The minimum absolute atomic E-state index is 0.154. The second-order valence-corrected chi connectivity index (χ2v) is 28.0. The number of aliphatic carboxylic acids is 1. The highest BCUT2D eigenvalue weighted by molar-refractivity contribution is 5.70. The van der Waals surface area contributed by atoms with Gasteiger partial charge in [-0.1, -0.05) is 393 Å². The lowest BCUT2D eigenvalue weighted by Gasteiger charge is -2.26. The van der Waals surface area contributed by atoms with Crippen LogP contribution in [0.15, 0.2) is 0 Å². The van der Waals surface area contributed by atoms with E-state index < -0.39 is 24.3 Å². The first kappa shape index (κ1) is 84.3. The van der Waals surface area contributed by atoms with Gasteiger partial charge in [-0.3, -0.25) is 9.59 Å². The third-order valence-electron chi connectivity index (χ3n) is 18.1. The molecule has 0 aromatic rings. The number of nitrogens with zero attached hydrogens (tertiary/aromatic N) is 1. The third-order valence-corrected chi connectivity index (χ3v) is 18.1. The fourth-order valence-corrected chi connectivity index (χ4v) is 12.2. The van der Waals surface area contributed by atoms with Crippen molar-refractivity contribution in [1.82, 2.24) is 0 Å². The molecule has 0 rings (SSSR count). The lowest BCUT2D eigenvalue weighted by atomic mass is 10.0. The van der Waals surface area contributed by atoms with Crippen molar-refractivity contribution >= 4 is 17.9 Å². The largest absolute Gasteiger partial charge is 0.545 e. The van der Waals surface area contributed by atoms with E-state index in [0.717, 1.165) is 38.5 Å². The molecule has 86 heavy (non-hydrogen) atoms. The summed E-state index contributed by atoms with van der Waals surface area (Å²) >= 11 is 0. The van der Waals surface area contributed by atoms with Gasteiger partial charge >= 0.3 is 11.9 Å². The van der Waals surface area contributed by atoms with Crippen molar-refractivity contribution in [2.24, 2.45) is 0 Å². The van der Waals surface area contributed by atoms with Crippen LogP contribution in [0.25, 0.3) is 0 Å². The standard InChI is InChI=1S/C77H151NO8/c1-6-8-10-12-14-16-18-20-22-24-26-28-30-32-33-34-35-36-37-38-39-40-41-42-43-44-46-48-50-52-54-56-58-60-62-64-66-68-75(80)86-73(72-85-77(76(81)82)83-70-69-78(3,4)5)71-84-74(79)67-65-63-61-59-57-55-53-51-49-47-45-31-29-27-25-23-21-19-17-15-13-11-9-7-2/h73,77H,6-72H2,1-5H3. The first-order valence-electron chi connectivity index (χ1n) is 38.7. The zero-order valence-corrected chi connectivity index (χ0v) is 58.7. The monoisotopic (exact) mass is 1220 g/mol. The van der Waals surface area contributed by atoms with Crippen molar-refractivity contribution in [3.63, 3.8) is 0 Å². The van der Waals surface area contributed by atoms with Gasteiger partial charge in [0.15, 0.2) is 12.4 Å². The van der Waals surface area contributed by atoms with Crippen LogP contribution in [0, 0.1) is 0 Å². The number of carboxylic acid groups (broad SMARTS) is 1. The van der Waals surface area contributed by atoms with Crippen LogP contribution in [-0.4, -0.2) is 82.3 Å². The molecular formula is C77H151NO8. The van der Waals surface area contributed by atoms with Crippen LogP contribution in [0.2, 0.25) is 0 Å². The van der Waals surface area contributed by atoms with E-state index in [2.05, 4.69) is 13.8 Å². The molecule has 0 heterocycles. The van der Waals surface area contributed by atoms with E-state index >= 15 is 0 Å². The second-order valence-electron chi connectivity index (χ2n) is 28.0. The first-order chi connectivity index (χ1) is 42.1. The van der Waals surface area contributed by atoms with Gasteiger partial charge in [0, 0.05) is 12.8 Å². The fraction of sp³-hybridized carbons (Fsp3) is 0.961. The summed E-state index contributed by atoms with van der Waals surface area (Å²) in [5, 5.41) is 11.8. The maximum absolute atomic E-state index is 13.0. The minimum Gasteiger partial charge on any atom is -0.545 e. The first-order valence-corrected chi connectivity index (χ1v) is 38.7. The Morgan fingerprint density at radius 3 is 0.744 bits per heavy atom. The lowest BCUT2D eigenvalue weighted by Crippen LogP contribution is -2.44. The van der Waals surface area contributed by atoms with Crippen molar-refractivity contribution in [3.05, 3.63) is 0 Å². The zero-order valence-electron chi connectivity index (χ0n) is 58.7. The number of carboxylic acids is 1. The lowest BCUT2D eigenvalue weighted by molar-refractivity contribution is -0.870. The number of hydrogen-bond donors (Lipinski definition) is 0. The highest BCUT2D eigenvalue weighted by Gasteiger charge is 2.22. The van der Waals surface area contributed by atoms with Crippen molar-refractivity contribution in [2.75, 3.05) is 47.5 Å². The van der Waals surface area contributed by atoms with E-state index in [4.69, 9.17) is 18.9 Å². The van der Waals surface area contributed by atoms with Gasteiger partial charge < -0.3 is 33.3 Å². The van der Waals surface area contributed by atoms with Gasteiger partial charge in [-0.2, -0.15) is 0 Å². The summed E-state index contributed by atoms with van der Waals surface area (Å²) < 4.78 is 22.9. The molecule has 0 fully saturated rings. The molecule has 0 aromatic heterocycles. The quantitative estimate of drug-likeness (QED) is 0.0256. The van der Waals surface area contributed by atoms with Gasteiger partial charge in [0.25, 0.3) is 0 Å². The maximum atomic E-state index is 13.0. The fourth-order valence-electron chi connectivity index (χ4n) is 12.2. The van der Waals surface area contributed by atoms with Crippen molar-refractivity contribution in [3.8, 4) is 0 Å². The van der Waals surface area contributed by atoms with Gasteiger partial charge in [0.1, 0.15) is 13.2 Å². The van der Waals surface area contributed by atoms with Crippen LogP contribution in [-0.2, 0) is 33.3 Å². The average Bonchev–Trinajstić information content (AvgIpc) is 3.64. The number of rotatable bonds is 74. The van der Waals surface area contributed by atoms with Gasteiger partial charge in [0.2, 0.25) is 0 Å². The Morgan fingerprint density at radius 2 is 0.523 bits per heavy atom. The van der Waals surface area contributed by atoms with E-state index in [9.17, 15) is 19.5 Å². The van der Waals surface area contributed by atoms with E-state index in [-0.39, 0.29) is 32.2 Å². The molecule has 0 radical (unpaired) electrons. The number of esters is 2. The van der Waals surface area contributed by atoms with Gasteiger partial charge in [-0.15, -0.1) is 0 Å². The number of ether oxygens (including phenoxy) is 4. The van der Waals surface area contributed by atoms with E-state index in [1.165, 1.54) is 353 Å². The second kappa shape index (κ2) is 69.2. The predicted octanol–water partition coefficient (Wildman–Crippen LogP) is 22.9. The van der Waals surface area contributed by atoms with E-state index in [1.807, 2.05) is 21.1 Å². The Hall–Kier alpha value is -1.71. The number of carbonyl (C=O) groups excluding carboxylic acids is 3. The van der Waals surface area contributed by atoms with Crippen LogP contribution in [0.1, 0.15) is 418 Å². The molecule has 0 spiro atoms. The Balaban J connectivity index is 3.94. The Morgan fingerprint density at radius 1 is 0.302 bits per heavy atom. The highest BCUT2D eigenvalue weighted by Crippen LogP contribution is 2.20. The zero-order chi connectivity index (χ0) is 62.6. The van der Waals surface area contributed by atoms with Crippen molar-refractivity contribution in [2.45, 2.75) is 431 Å². The van der Waals surface area contributed by atoms with Crippen LogP contribution in [0.5, 0.6) is 0 Å². The molecule has 0 amide bonds. The molecule has 0 N–H and O–H groups in total. The Bertz CT molecular complexity index is 1370. The van der Waals surface area contributed by atoms with E-state index in [0.29, 0.717) is 17.4 Å². The molecule has 0 bridgehead atoms. The van der Waals surface area contributed by atoms with E-state index in [1.54, 1.807) is 0 Å². The number of unbranched alkanes of at least 4 members (excludes halogenated alkanes) is 59. The number of hydrogen-bond acceptors (Lipinski definition) is 8. The predicted molar refractivity (Wildman–Crippen MR) is 367 cm³/mol. The Labute approximate surface area is 536 Å². The van der Waals surface area contributed by atoms with Crippen LogP contribution in [0.4, 0.5) is 0 Å². The summed E-state index contributed by atoms with van der Waals surface area (Å²) in [6.07, 6.45) is 80.9. The molecule has 9 heteroatoms. The van der Waals surface area contributed by atoms with Crippen LogP contribution in [0.3, 0.4) is 0 Å². The smallest absolute Gasteiger partial charge is 0.306 e. The molecule has 0 aromatic carbocycles. The molecule has 0 aliphatic carbocycles. The number of likely N-dealkylation sites (N-methyl/N-ethyl adjacent to an activating group) is 1. The SMILES string of the molecule is CCCCCCCCCCCCCCCCCCCCCCCCCCCCCCCCCCCCCCCC(=O)OC(COC(=O)CCCCCCCCCCCCCCCCCCCCCCCCCC)COC(OCC[N+](C)(C)C)C(=O)[O-]. The molecule has 512 valence electrons. The molecular weight excluding hydrogens is 1070 g/mol. The molecule has 9 nitrogen and oxygen atoms in total. The molecule has 0 saturated heterocycles. The van der Waals surface area contributed by atoms with Crippen LogP contribution < -0.4 is 5.11 Å². The Kier molecular flexibility index (Phi) is 67.8. The molecule has 0 saturated carbocycles. The van der Waals surface area contributed by atoms with Gasteiger partial charge in [-0.25, -0.2) is 0 Å². The summed E-state index contributed by atoms with van der Waals surface area (Å²) in [7, 11) is 5.95. The summed E-state index contributed by atoms with van der Waals surface area (Å²) in [6.45, 7) is 4.85. The molecule has 0 aliphatic rings. The van der Waals surface area contributed by atoms with Crippen molar-refractivity contribution < 1.29 is 42.9 Å². The highest BCUT2D eigenvalue weighted by atomic mass is 16.7. The maximum Gasteiger partial charge on any atom is 0.306 e. The van der Waals surface area contributed by atoms with Crippen LogP contribution >= 0.6 is 0 Å².